The predicted molar refractivity (Wildman–Crippen MR) is 84.7 cm³/mol. The van der Waals surface area contributed by atoms with Crippen LogP contribution in [0.4, 0.5) is 22.0 Å². The monoisotopic (exact) mass is 477 g/mol. The molecule has 0 bridgehead atoms. The molecule has 25 heavy (non-hydrogen) atoms. The summed E-state index contributed by atoms with van der Waals surface area (Å²) in [5, 5.41) is 0. The van der Waals surface area contributed by atoms with Gasteiger partial charge < -0.3 is 9.64 Å². The number of hydrogen-bond donors (Lipinski definition) is 0. The molecule has 0 atom stereocenters. The Balaban J connectivity index is 1.96. The van der Waals surface area contributed by atoms with Gasteiger partial charge in [0.1, 0.15) is 0 Å². The summed E-state index contributed by atoms with van der Waals surface area (Å²) in [7, 11) is 0. The van der Waals surface area contributed by atoms with Crippen molar-refractivity contribution in [1.29, 1.82) is 0 Å². The molecule has 4 nitrogen and oxygen atoms in total. The predicted octanol–water partition coefficient (Wildman–Crippen LogP) is 3.49. The number of piperidine rings is 1. The lowest BCUT2D eigenvalue weighted by Gasteiger charge is -2.29. The van der Waals surface area contributed by atoms with Crippen LogP contribution in [0.3, 0.4) is 0 Å². The first-order chi connectivity index (χ1) is 11.7. The third-order valence-corrected chi connectivity index (χ3v) is 4.95. The molecule has 138 valence electrons. The number of halogens is 6. The minimum Gasteiger partial charge on any atom is -0.420 e. The van der Waals surface area contributed by atoms with E-state index in [4.69, 9.17) is 0 Å². The van der Waals surface area contributed by atoms with Crippen LogP contribution in [0.1, 0.15) is 25.7 Å². The van der Waals surface area contributed by atoms with Gasteiger partial charge in [0, 0.05) is 23.4 Å². The number of carbonyl (C=O) groups excluding carboxylic acids is 2. The van der Waals surface area contributed by atoms with Gasteiger partial charge in [0.05, 0.1) is 6.42 Å². The van der Waals surface area contributed by atoms with Gasteiger partial charge in [0.25, 0.3) is 0 Å². The van der Waals surface area contributed by atoms with E-state index >= 15 is 0 Å². The highest BCUT2D eigenvalue weighted by Crippen LogP contribution is 2.29. The SMILES string of the molecule is O=C(CCC(=O)N1CCC(I)CC1)Oc1c(F)c(F)c(F)c(F)c1F. The Bertz CT molecular complexity index is 663. The normalized spacial score (nSPS) is 15.4. The molecule has 2 rings (SSSR count). The first kappa shape index (κ1) is 19.9. The van der Waals surface area contributed by atoms with Crippen LogP contribution in [0.25, 0.3) is 0 Å². The van der Waals surface area contributed by atoms with Crippen LogP contribution < -0.4 is 4.74 Å². The van der Waals surface area contributed by atoms with Crippen molar-refractivity contribution in [1.82, 2.24) is 4.90 Å². The van der Waals surface area contributed by atoms with Gasteiger partial charge in [-0.25, -0.2) is 13.2 Å². The number of esters is 1. The molecule has 0 unspecified atom stereocenters. The lowest BCUT2D eigenvalue weighted by Crippen LogP contribution is -2.38. The van der Waals surface area contributed by atoms with Crippen LogP contribution >= 0.6 is 22.6 Å². The number of benzene rings is 1. The molecular weight excluding hydrogens is 464 g/mol. The van der Waals surface area contributed by atoms with Crippen LogP contribution in [-0.2, 0) is 9.59 Å². The van der Waals surface area contributed by atoms with E-state index in [1.165, 1.54) is 0 Å². The molecule has 1 heterocycles. The van der Waals surface area contributed by atoms with Gasteiger partial charge in [0.15, 0.2) is 0 Å². The molecule has 1 fully saturated rings. The first-order valence-electron chi connectivity index (χ1n) is 7.36. The van der Waals surface area contributed by atoms with E-state index in [-0.39, 0.29) is 12.3 Å². The molecular formula is C15H13F5INO3. The zero-order chi connectivity index (χ0) is 18.7. The van der Waals surface area contributed by atoms with Crippen molar-refractivity contribution in [3.8, 4) is 5.75 Å². The van der Waals surface area contributed by atoms with Crippen LogP contribution in [-0.4, -0.2) is 33.8 Å². The van der Waals surface area contributed by atoms with Gasteiger partial charge in [-0.1, -0.05) is 22.6 Å². The summed E-state index contributed by atoms with van der Waals surface area (Å²) < 4.78 is 70.5. The molecule has 0 radical (unpaired) electrons. The number of ether oxygens (including phenoxy) is 1. The number of amides is 1. The summed E-state index contributed by atoms with van der Waals surface area (Å²) in [6.07, 6.45) is 0.825. The topological polar surface area (TPSA) is 46.6 Å². The number of alkyl halides is 1. The van der Waals surface area contributed by atoms with E-state index in [9.17, 15) is 31.5 Å². The fourth-order valence-electron chi connectivity index (χ4n) is 2.30. The third kappa shape index (κ3) is 4.59. The minimum absolute atomic E-state index is 0.278. The molecule has 0 aromatic heterocycles. The van der Waals surface area contributed by atoms with Crippen molar-refractivity contribution in [2.24, 2.45) is 0 Å². The zero-order valence-corrected chi connectivity index (χ0v) is 14.9. The van der Waals surface area contributed by atoms with E-state index in [2.05, 4.69) is 27.3 Å². The van der Waals surface area contributed by atoms with Crippen molar-refractivity contribution in [3.63, 3.8) is 0 Å². The Labute approximate surface area is 153 Å². The highest BCUT2D eigenvalue weighted by molar-refractivity contribution is 14.1. The Morgan fingerprint density at radius 3 is 1.92 bits per heavy atom. The van der Waals surface area contributed by atoms with E-state index < -0.39 is 47.2 Å². The molecule has 10 heteroatoms. The quantitative estimate of drug-likeness (QED) is 0.127. The van der Waals surface area contributed by atoms with Crippen LogP contribution in [0.5, 0.6) is 5.75 Å². The third-order valence-electron chi connectivity index (χ3n) is 3.71. The standard InChI is InChI=1S/C15H13F5INO3/c16-10-11(17)13(19)15(14(20)12(10)18)25-9(24)2-1-8(23)22-5-3-7(21)4-6-22/h7H,1-6H2. The molecule has 1 aromatic rings. The molecule has 1 aliphatic heterocycles. The number of rotatable bonds is 4. The van der Waals surface area contributed by atoms with Crippen molar-refractivity contribution in [2.75, 3.05) is 13.1 Å². The summed E-state index contributed by atoms with van der Waals surface area (Å²) in [6.45, 7) is 1.08. The summed E-state index contributed by atoms with van der Waals surface area (Å²) in [4.78, 5) is 25.1. The second-order valence-electron chi connectivity index (χ2n) is 5.43. The highest BCUT2D eigenvalue weighted by atomic mass is 127. The first-order valence-corrected chi connectivity index (χ1v) is 8.60. The molecule has 0 saturated carbocycles. The van der Waals surface area contributed by atoms with Crippen molar-refractivity contribution < 1.29 is 36.3 Å². The maximum absolute atomic E-state index is 13.4. The Morgan fingerprint density at radius 2 is 1.40 bits per heavy atom. The number of likely N-dealkylation sites (tertiary alicyclic amines) is 1. The fraction of sp³-hybridized carbons (Fsp3) is 0.467. The molecule has 1 aromatic carbocycles. The van der Waals surface area contributed by atoms with E-state index in [1.54, 1.807) is 4.90 Å². The Hall–Kier alpha value is -1.46. The van der Waals surface area contributed by atoms with Gasteiger partial charge in [-0.3, -0.25) is 9.59 Å². The molecule has 1 aliphatic rings. The Morgan fingerprint density at radius 1 is 0.920 bits per heavy atom. The van der Waals surface area contributed by atoms with E-state index in [1.807, 2.05) is 0 Å². The maximum atomic E-state index is 13.4. The Kier molecular flexibility index (Phi) is 6.58. The average Bonchev–Trinajstić information content (AvgIpc) is 2.60. The van der Waals surface area contributed by atoms with E-state index in [0.29, 0.717) is 17.0 Å². The molecule has 0 N–H and O–H groups in total. The molecule has 0 aliphatic carbocycles. The molecule has 1 amide bonds. The largest absolute Gasteiger partial charge is 0.420 e. The van der Waals surface area contributed by atoms with Crippen molar-refractivity contribution in [2.45, 2.75) is 29.6 Å². The zero-order valence-electron chi connectivity index (χ0n) is 12.8. The van der Waals surface area contributed by atoms with Gasteiger partial charge in [-0.2, -0.15) is 8.78 Å². The lowest BCUT2D eigenvalue weighted by atomic mass is 10.1. The average molecular weight is 477 g/mol. The maximum Gasteiger partial charge on any atom is 0.311 e. The van der Waals surface area contributed by atoms with Crippen LogP contribution in [0, 0.1) is 29.1 Å². The molecule has 1 saturated heterocycles. The van der Waals surface area contributed by atoms with Gasteiger partial charge in [-0.15, -0.1) is 0 Å². The number of nitrogens with zero attached hydrogens (tertiary/aromatic N) is 1. The van der Waals surface area contributed by atoms with Gasteiger partial charge in [-0.05, 0) is 12.8 Å². The second-order valence-corrected chi connectivity index (χ2v) is 7.19. The summed E-state index contributed by atoms with van der Waals surface area (Å²) in [5.74, 6) is -14.5. The smallest absolute Gasteiger partial charge is 0.311 e. The number of carbonyl (C=O) groups is 2. The van der Waals surface area contributed by atoms with Crippen LogP contribution in [0.2, 0.25) is 0 Å². The molecule has 0 spiro atoms. The lowest BCUT2D eigenvalue weighted by molar-refractivity contribution is -0.139. The summed E-state index contributed by atoms with van der Waals surface area (Å²) >= 11 is 2.28. The van der Waals surface area contributed by atoms with Crippen molar-refractivity contribution >= 4 is 34.5 Å². The van der Waals surface area contributed by atoms with Crippen molar-refractivity contribution in [3.05, 3.63) is 29.1 Å². The van der Waals surface area contributed by atoms with Gasteiger partial charge in [0.2, 0.25) is 40.7 Å². The summed E-state index contributed by atoms with van der Waals surface area (Å²) in [6, 6.07) is 0. The minimum atomic E-state index is -2.34. The highest BCUT2D eigenvalue weighted by Gasteiger charge is 2.29. The van der Waals surface area contributed by atoms with Crippen LogP contribution in [0.15, 0.2) is 0 Å². The fourth-order valence-corrected chi connectivity index (χ4v) is 2.86. The van der Waals surface area contributed by atoms with E-state index in [0.717, 1.165) is 12.8 Å². The van der Waals surface area contributed by atoms with Gasteiger partial charge >= 0.3 is 5.97 Å². The summed E-state index contributed by atoms with van der Waals surface area (Å²) in [5.41, 5.74) is 0. The number of hydrogen-bond acceptors (Lipinski definition) is 3. The second kappa shape index (κ2) is 8.28.